The van der Waals surface area contributed by atoms with Gasteiger partial charge in [0.25, 0.3) is 5.91 Å². The SMILES string of the molecule is NC1(C#Cc2ccc(C(=O)Nc3ccccc3)cc2)CCCCC1. The van der Waals surface area contributed by atoms with Crippen LogP contribution >= 0.6 is 0 Å². The van der Waals surface area contributed by atoms with Gasteiger partial charge in [-0.25, -0.2) is 0 Å². The lowest BCUT2D eigenvalue weighted by Crippen LogP contribution is -2.40. The number of nitrogens with one attached hydrogen (secondary N) is 1. The van der Waals surface area contributed by atoms with Crippen LogP contribution in [0.5, 0.6) is 0 Å². The fraction of sp³-hybridized carbons (Fsp3) is 0.286. The molecule has 1 aliphatic rings. The van der Waals surface area contributed by atoms with Crippen LogP contribution < -0.4 is 11.1 Å². The summed E-state index contributed by atoms with van der Waals surface area (Å²) < 4.78 is 0. The molecule has 2 aromatic carbocycles. The Morgan fingerprint density at radius 3 is 2.29 bits per heavy atom. The second-order valence-corrected chi connectivity index (χ2v) is 6.36. The van der Waals surface area contributed by atoms with Crippen molar-refractivity contribution in [2.24, 2.45) is 5.73 Å². The normalized spacial score (nSPS) is 15.9. The highest BCUT2D eigenvalue weighted by molar-refractivity contribution is 6.04. The molecule has 1 fully saturated rings. The third kappa shape index (κ3) is 4.24. The lowest BCUT2D eigenvalue weighted by Gasteiger charge is -2.27. The summed E-state index contributed by atoms with van der Waals surface area (Å²) in [7, 11) is 0. The Balaban J connectivity index is 1.66. The third-order valence-corrected chi connectivity index (χ3v) is 4.38. The van der Waals surface area contributed by atoms with E-state index in [0.717, 1.165) is 36.9 Å². The topological polar surface area (TPSA) is 55.1 Å². The average Bonchev–Trinajstić information content (AvgIpc) is 2.62. The van der Waals surface area contributed by atoms with E-state index in [0.29, 0.717) is 5.56 Å². The van der Waals surface area contributed by atoms with E-state index in [4.69, 9.17) is 5.73 Å². The van der Waals surface area contributed by atoms with Gasteiger partial charge in [0, 0.05) is 16.8 Å². The predicted octanol–water partition coefficient (Wildman–Crippen LogP) is 3.95. The van der Waals surface area contributed by atoms with E-state index >= 15 is 0 Å². The summed E-state index contributed by atoms with van der Waals surface area (Å²) in [5.41, 5.74) is 8.28. The van der Waals surface area contributed by atoms with E-state index in [1.807, 2.05) is 42.5 Å². The predicted molar refractivity (Wildman–Crippen MR) is 97.7 cm³/mol. The maximum absolute atomic E-state index is 12.2. The minimum Gasteiger partial charge on any atom is -0.322 e. The Bertz CT molecular complexity index is 748. The highest BCUT2D eigenvalue weighted by Gasteiger charge is 2.24. The van der Waals surface area contributed by atoms with Crippen LogP contribution in [0.15, 0.2) is 54.6 Å². The molecule has 1 saturated carbocycles. The zero-order valence-electron chi connectivity index (χ0n) is 13.7. The van der Waals surface area contributed by atoms with Crippen molar-refractivity contribution in [3.63, 3.8) is 0 Å². The van der Waals surface area contributed by atoms with Crippen LogP contribution in [0.3, 0.4) is 0 Å². The first kappa shape index (κ1) is 16.3. The number of amides is 1. The average molecular weight is 318 g/mol. The van der Waals surface area contributed by atoms with Crippen LogP contribution in [-0.2, 0) is 0 Å². The summed E-state index contributed by atoms with van der Waals surface area (Å²) in [5, 5.41) is 2.87. The molecule has 0 bridgehead atoms. The number of anilines is 1. The van der Waals surface area contributed by atoms with Gasteiger partial charge in [0.1, 0.15) is 0 Å². The molecule has 0 saturated heterocycles. The standard InChI is InChI=1S/C21H22N2O/c22-21(14-5-2-6-15-21)16-13-17-9-11-18(12-10-17)20(24)23-19-7-3-1-4-8-19/h1,3-4,7-12H,2,5-6,14-15,22H2,(H,23,24). The third-order valence-electron chi connectivity index (χ3n) is 4.38. The molecule has 3 nitrogen and oxygen atoms in total. The van der Waals surface area contributed by atoms with Crippen molar-refractivity contribution in [3.8, 4) is 11.8 Å². The number of carbonyl (C=O) groups excluding carboxylic acids is 1. The maximum Gasteiger partial charge on any atom is 0.255 e. The van der Waals surface area contributed by atoms with Crippen molar-refractivity contribution in [1.29, 1.82) is 0 Å². The Kier molecular flexibility index (Phi) is 4.98. The Labute approximate surface area is 143 Å². The van der Waals surface area contributed by atoms with Crippen LogP contribution in [0.4, 0.5) is 5.69 Å². The molecule has 2 aromatic rings. The molecule has 0 spiro atoms. The molecule has 0 heterocycles. The first-order valence-corrected chi connectivity index (χ1v) is 8.43. The second-order valence-electron chi connectivity index (χ2n) is 6.36. The lowest BCUT2D eigenvalue weighted by molar-refractivity contribution is 0.102. The Morgan fingerprint density at radius 1 is 0.958 bits per heavy atom. The number of nitrogens with two attached hydrogens (primary N) is 1. The minimum absolute atomic E-state index is 0.122. The minimum atomic E-state index is -0.346. The molecule has 0 atom stereocenters. The number of hydrogen-bond acceptors (Lipinski definition) is 2. The highest BCUT2D eigenvalue weighted by atomic mass is 16.1. The summed E-state index contributed by atoms with van der Waals surface area (Å²) >= 11 is 0. The highest BCUT2D eigenvalue weighted by Crippen LogP contribution is 2.25. The van der Waals surface area contributed by atoms with Gasteiger partial charge in [-0.15, -0.1) is 0 Å². The van der Waals surface area contributed by atoms with Gasteiger partial charge in [-0.2, -0.15) is 0 Å². The summed E-state index contributed by atoms with van der Waals surface area (Å²) in [6, 6.07) is 16.8. The number of hydrogen-bond donors (Lipinski definition) is 2. The summed E-state index contributed by atoms with van der Waals surface area (Å²) in [4.78, 5) is 12.2. The first-order valence-electron chi connectivity index (χ1n) is 8.43. The van der Waals surface area contributed by atoms with Gasteiger partial charge in [-0.3, -0.25) is 4.79 Å². The van der Waals surface area contributed by atoms with Gasteiger partial charge in [-0.1, -0.05) is 49.3 Å². The van der Waals surface area contributed by atoms with E-state index in [2.05, 4.69) is 17.2 Å². The maximum atomic E-state index is 12.2. The van der Waals surface area contributed by atoms with Gasteiger partial charge in [-0.05, 0) is 49.2 Å². The second kappa shape index (κ2) is 7.33. The van der Waals surface area contributed by atoms with Gasteiger partial charge >= 0.3 is 0 Å². The van der Waals surface area contributed by atoms with Crippen molar-refractivity contribution in [1.82, 2.24) is 0 Å². The molecule has 24 heavy (non-hydrogen) atoms. The Morgan fingerprint density at radius 2 is 1.62 bits per heavy atom. The van der Waals surface area contributed by atoms with Crippen LogP contribution in [0.25, 0.3) is 0 Å². The van der Waals surface area contributed by atoms with Gasteiger partial charge in [0.15, 0.2) is 0 Å². The fourth-order valence-corrected chi connectivity index (χ4v) is 2.93. The van der Waals surface area contributed by atoms with E-state index in [1.54, 1.807) is 12.1 Å². The molecule has 0 aromatic heterocycles. The summed E-state index contributed by atoms with van der Waals surface area (Å²) in [6.45, 7) is 0. The van der Waals surface area contributed by atoms with Crippen LogP contribution in [-0.4, -0.2) is 11.4 Å². The molecule has 3 heteroatoms. The lowest BCUT2D eigenvalue weighted by atomic mass is 9.83. The van der Waals surface area contributed by atoms with Crippen molar-refractivity contribution in [3.05, 3.63) is 65.7 Å². The quantitative estimate of drug-likeness (QED) is 0.824. The first-order chi connectivity index (χ1) is 11.6. The summed E-state index contributed by atoms with van der Waals surface area (Å²) in [5.74, 6) is 6.27. The number of benzene rings is 2. The zero-order chi connectivity index (χ0) is 16.8. The Hall–Kier alpha value is -2.57. The van der Waals surface area contributed by atoms with Crippen molar-refractivity contribution in [2.45, 2.75) is 37.6 Å². The molecular weight excluding hydrogens is 296 g/mol. The van der Waals surface area contributed by atoms with Crippen LogP contribution in [0.1, 0.15) is 48.0 Å². The van der Waals surface area contributed by atoms with Gasteiger partial charge in [0.05, 0.1) is 5.54 Å². The number of para-hydroxylation sites is 1. The zero-order valence-corrected chi connectivity index (χ0v) is 13.7. The van der Waals surface area contributed by atoms with Gasteiger partial charge in [0.2, 0.25) is 0 Å². The van der Waals surface area contributed by atoms with E-state index in [1.165, 1.54) is 6.42 Å². The number of carbonyl (C=O) groups is 1. The monoisotopic (exact) mass is 318 g/mol. The van der Waals surface area contributed by atoms with E-state index in [-0.39, 0.29) is 11.4 Å². The molecule has 3 N–H and O–H groups in total. The molecule has 0 aliphatic heterocycles. The van der Waals surface area contributed by atoms with Crippen LogP contribution in [0, 0.1) is 11.8 Å². The van der Waals surface area contributed by atoms with Crippen molar-refractivity contribution >= 4 is 11.6 Å². The summed E-state index contributed by atoms with van der Waals surface area (Å²) in [6.07, 6.45) is 5.51. The molecule has 1 aliphatic carbocycles. The van der Waals surface area contributed by atoms with E-state index < -0.39 is 0 Å². The molecule has 3 rings (SSSR count). The molecular formula is C21H22N2O. The fourth-order valence-electron chi connectivity index (χ4n) is 2.93. The molecule has 122 valence electrons. The largest absolute Gasteiger partial charge is 0.322 e. The smallest absolute Gasteiger partial charge is 0.255 e. The van der Waals surface area contributed by atoms with Gasteiger partial charge < -0.3 is 11.1 Å². The number of rotatable bonds is 2. The van der Waals surface area contributed by atoms with E-state index in [9.17, 15) is 4.79 Å². The molecule has 1 amide bonds. The molecule has 0 unspecified atom stereocenters. The van der Waals surface area contributed by atoms with Crippen molar-refractivity contribution in [2.75, 3.05) is 5.32 Å². The van der Waals surface area contributed by atoms with Crippen LogP contribution in [0.2, 0.25) is 0 Å². The molecule has 0 radical (unpaired) electrons. The van der Waals surface area contributed by atoms with Crippen molar-refractivity contribution < 1.29 is 4.79 Å².